The number of ether oxygens (including phenoxy) is 1. The Hall–Kier alpha value is -1.92. The number of amides is 1. The first-order valence-corrected chi connectivity index (χ1v) is 7.24. The molecule has 0 unspecified atom stereocenters. The molecule has 1 aliphatic carbocycles. The molecule has 7 heteroatoms. The van der Waals surface area contributed by atoms with Gasteiger partial charge in [0.2, 0.25) is 5.95 Å². The minimum absolute atomic E-state index is 0.121. The molecular formula is C14H23N5O2. The average Bonchev–Trinajstić information content (AvgIpc) is 2.77. The molecule has 2 atom stereocenters. The number of nitrogens with one attached hydrogen (secondary N) is 2. The molecule has 1 aliphatic rings. The topological polar surface area (TPSA) is 89.0 Å². The maximum Gasteiger partial charge on any atom is 0.407 e. The van der Waals surface area contributed by atoms with E-state index in [2.05, 4.69) is 25.8 Å². The summed E-state index contributed by atoms with van der Waals surface area (Å²) in [6, 6.07) is 0.366. The number of hydrogen-bond donors (Lipinski definition) is 2. The van der Waals surface area contributed by atoms with Gasteiger partial charge >= 0.3 is 6.09 Å². The van der Waals surface area contributed by atoms with Crippen LogP contribution in [0.15, 0.2) is 6.20 Å². The first kappa shape index (κ1) is 15.5. The van der Waals surface area contributed by atoms with Crippen LogP contribution in [0.25, 0.3) is 0 Å². The van der Waals surface area contributed by atoms with Gasteiger partial charge in [0.15, 0.2) is 0 Å². The fraction of sp³-hybridized carbons (Fsp3) is 0.714. The Morgan fingerprint density at radius 3 is 2.62 bits per heavy atom. The quantitative estimate of drug-likeness (QED) is 0.886. The smallest absolute Gasteiger partial charge is 0.407 e. The van der Waals surface area contributed by atoms with Gasteiger partial charge in [-0.15, -0.1) is 5.10 Å². The second-order valence-electron chi connectivity index (χ2n) is 6.42. The van der Waals surface area contributed by atoms with Gasteiger partial charge in [-0.1, -0.05) is 0 Å². The molecule has 0 aliphatic heterocycles. The van der Waals surface area contributed by atoms with Crippen molar-refractivity contribution in [1.82, 2.24) is 20.5 Å². The number of carbonyl (C=O) groups excluding carboxylic acids is 1. The maximum atomic E-state index is 11.7. The summed E-state index contributed by atoms with van der Waals surface area (Å²) in [5.74, 6) is 0.531. The molecule has 1 aromatic rings. The van der Waals surface area contributed by atoms with Crippen LogP contribution in [0.5, 0.6) is 0 Å². The lowest BCUT2D eigenvalue weighted by molar-refractivity contribution is 0.0505. The number of aryl methyl sites for hydroxylation is 1. The molecule has 21 heavy (non-hydrogen) atoms. The monoisotopic (exact) mass is 293 g/mol. The summed E-state index contributed by atoms with van der Waals surface area (Å²) in [6.07, 6.45) is 4.02. The number of alkyl carbamates (subject to hydrolysis) is 1. The molecule has 0 saturated heterocycles. The summed E-state index contributed by atoms with van der Waals surface area (Å²) in [5, 5.41) is 14.1. The summed E-state index contributed by atoms with van der Waals surface area (Å²) in [6.45, 7) is 7.41. The zero-order chi connectivity index (χ0) is 15.5. The van der Waals surface area contributed by atoms with Crippen LogP contribution < -0.4 is 10.6 Å². The van der Waals surface area contributed by atoms with E-state index in [0.29, 0.717) is 5.95 Å². The first-order valence-electron chi connectivity index (χ1n) is 7.24. The van der Waals surface area contributed by atoms with Crippen LogP contribution in [-0.2, 0) is 4.74 Å². The lowest BCUT2D eigenvalue weighted by atomic mass is 10.2. The second-order valence-corrected chi connectivity index (χ2v) is 6.42. The molecule has 1 heterocycles. The van der Waals surface area contributed by atoms with Gasteiger partial charge in [0, 0.05) is 12.1 Å². The van der Waals surface area contributed by atoms with Crippen LogP contribution in [0.4, 0.5) is 10.7 Å². The lowest BCUT2D eigenvalue weighted by Gasteiger charge is -2.21. The van der Waals surface area contributed by atoms with Gasteiger partial charge in [-0.3, -0.25) is 0 Å². The van der Waals surface area contributed by atoms with E-state index in [1.54, 1.807) is 6.20 Å². The highest BCUT2D eigenvalue weighted by molar-refractivity contribution is 5.68. The van der Waals surface area contributed by atoms with Gasteiger partial charge in [-0.05, 0) is 47.0 Å². The van der Waals surface area contributed by atoms with Crippen LogP contribution in [0.1, 0.15) is 45.7 Å². The molecule has 7 nitrogen and oxygen atoms in total. The van der Waals surface area contributed by atoms with E-state index in [9.17, 15) is 4.79 Å². The zero-order valence-electron chi connectivity index (χ0n) is 13.0. The zero-order valence-corrected chi connectivity index (χ0v) is 13.0. The van der Waals surface area contributed by atoms with Gasteiger partial charge in [-0.2, -0.15) is 5.10 Å². The normalized spacial score (nSPS) is 21.9. The third-order valence-corrected chi connectivity index (χ3v) is 3.16. The maximum absolute atomic E-state index is 11.7. The minimum atomic E-state index is -0.470. The van der Waals surface area contributed by atoms with Crippen molar-refractivity contribution < 1.29 is 9.53 Å². The Morgan fingerprint density at radius 2 is 2.00 bits per heavy atom. The molecule has 0 aromatic carbocycles. The van der Waals surface area contributed by atoms with Gasteiger partial charge < -0.3 is 15.4 Å². The molecule has 1 saturated carbocycles. The van der Waals surface area contributed by atoms with E-state index in [-0.39, 0.29) is 18.2 Å². The molecule has 0 bridgehead atoms. The predicted octanol–water partition coefficient (Wildman–Crippen LogP) is 2.04. The van der Waals surface area contributed by atoms with E-state index < -0.39 is 5.60 Å². The molecule has 1 aromatic heterocycles. The van der Waals surface area contributed by atoms with Crippen LogP contribution in [0.2, 0.25) is 0 Å². The summed E-state index contributed by atoms with van der Waals surface area (Å²) in [7, 11) is 0. The van der Waals surface area contributed by atoms with E-state index in [1.807, 2.05) is 27.7 Å². The van der Waals surface area contributed by atoms with Crippen molar-refractivity contribution in [3.8, 4) is 0 Å². The Morgan fingerprint density at radius 1 is 1.29 bits per heavy atom. The molecule has 116 valence electrons. The number of nitrogens with zero attached hydrogens (tertiary/aromatic N) is 3. The predicted molar refractivity (Wildman–Crippen MR) is 79.0 cm³/mol. The number of anilines is 1. The molecule has 1 fully saturated rings. The van der Waals surface area contributed by atoms with Crippen molar-refractivity contribution in [3.63, 3.8) is 0 Å². The Kier molecular flexibility index (Phi) is 4.59. The third kappa shape index (κ3) is 5.17. The van der Waals surface area contributed by atoms with Gasteiger partial charge in [0.25, 0.3) is 0 Å². The fourth-order valence-corrected chi connectivity index (χ4v) is 2.30. The number of carbonyl (C=O) groups is 1. The third-order valence-electron chi connectivity index (χ3n) is 3.16. The highest BCUT2D eigenvalue weighted by Gasteiger charge is 2.28. The van der Waals surface area contributed by atoms with Crippen LogP contribution in [0.3, 0.4) is 0 Å². The van der Waals surface area contributed by atoms with Gasteiger partial charge in [-0.25, -0.2) is 9.78 Å². The molecule has 0 radical (unpaired) electrons. The van der Waals surface area contributed by atoms with E-state index in [4.69, 9.17) is 4.74 Å². The van der Waals surface area contributed by atoms with Gasteiger partial charge in [0.1, 0.15) is 5.60 Å². The minimum Gasteiger partial charge on any atom is -0.444 e. The summed E-state index contributed by atoms with van der Waals surface area (Å²) in [4.78, 5) is 15.9. The number of rotatable bonds is 3. The number of aromatic nitrogens is 3. The molecule has 1 amide bonds. The Balaban J connectivity index is 1.78. The lowest BCUT2D eigenvalue weighted by Crippen LogP contribution is -2.38. The van der Waals surface area contributed by atoms with Crippen molar-refractivity contribution in [2.24, 2.45) is 0 Å². The second kappa shape index (κ2) is 6.24. The standard InChI is InChI=1S/C14H23N5O2/c1-9-8-15-12(19-18-9)16-10-5-6-11(7-10)17-13(20)21-14(2,3)4/h8,10-11H,5-7H2,1-4H3,(H,17,20)(H,15,16,19)/t10-,11-/m1/s1. The number of hydrogen-bond acceptors (Lipinski definition) is 6. The fourth-order valence-electron chi connectivity index (χ4n) is 2.30. The largest absolute Gasteiger partial charge is 0.444 e. The molecular weight excluding hydrogens is 270 g/mol. The van der Waals surface area contributed by atoms with Crippen molar-refractivity contribution in [1.29, 1.82) is 0 Å². The molecule has 2 rings (SSSR count). The highest BCUT2D eigenvalue weighted by Crippen LogP contribution is 2.22. The Labute approximate surface area is 124 Å². The Bertz CT molecular complexity index is 483. The van der Waals surface area contributed by atoms with E-state index in [0.717, 1.165) is 25.0 Å². The summed E-state index contributed by atoms with van der Waals surface area (Å²) >= 11 is 0. The van der Waals surface area contributed by atoms with Crippen LogP contribution in [0, 0.1) is 6.92 Å². The first-order chi connectivity index (χ1) is 9.82. The van der Waals surface area contributed by atoms with Crippen molar-refractivity contribution in [3.05, 3.63) is 11.9 Å². The van der Waals surface area contributed by atoms with Gasteiger partial charge in [0.05, 0.1) is 11.9 Å². The summed E-state index contributed by atoms with van der Waals surface area (Å²) in [5.41, 5.74) is 0.318. The summed E-state index contributed by atoms with van der Waals surface area (Å²) < 4.78 is 5.26. The average molecular weight is 293 g/mol. The van der Waals surface area contributed by atoms with E-state index in [1.165, 1.54) is 0 Å². The SMILES string of the molecule is Cc1cnc(N[C@@H]2CC[C@@H](NC(=O)OC(C)(C)C)C2)nn1. The van der Waals surface area contributed by atoms with E-state index >= 15 is 0 Å². The molecule has 0 spiro atoms. The van der Waals surface area contributed by atoms with Crippen LogP contribution in [-0.4, -0.2) is 39.0 Å². The van der Waals surface area contributed by atoms with Crippen molar-refractivity contribution >= 4 is 12.0 Å². The molecule has 2 N–H and O–H groups in total. The van der Waals surface area contributed by atoms with Crippen LogP contribution >= 0.6 is 0 Å². The highest BCUT2D eigenvalue weighted by atomic mass is 16.6. The van der Waals surface area contributed by atoms with Crippen molar-refractivity contribution in [2.45, 2.75) is 64.6 Å². The van der Waals surface area contributed by atoms with Crippen molar-refractivity contribution in [2.75, 3.05) is 5.32 Å².